The number of nitrogens with zero attached hydrogens (tertiary/aromatic N) is 3. The van der Waals surface area contributed by atoms with Crippen LogP contribution in [0.2, 0.25) is 0 Å². The van der Waals surface area contributed by atoms with E-state index < -0.39 is 0 Å². The van der Waals surface area contributed by atoms with Gasteiger partial charge in [0.1, 0.15) is 0 Å². The fraction of sp³-hybridized carbons (Fsp3) is 0.273. The van der Waals surface area contributed by atoms with Gasteiger partial charge in [-0.25, -0.2) is 0 Å². The van der Waals surface area contributed by atoms with E-state index in [0.29, 0.717) is 5.92 Å². The summed E-state index contributed by atoms with van der Waals surface area (Å²) < 4.78 is 0. The minimum atomic E-state index is -0.0345. The number of para-hydroxylation sites is 1. The largest absolute Gasteiger partial charge is 0.334 e. The molecule has 0 fully saturated rings. The van der Waals surface area contributed by atoms with E-state index in [1.54, 1.807) is 0 Å². The lowest BCUT2D eigenvalue weighted by Crippen LogP contribution is -2.61. The zero-order chi connectivity index (χ0) is 48.8. The van der Waals surface area contributed by atoms with Crippen molar-refractivity contribution in [2.45, 2.75) is 117 Å². The van der Waals surface area contributed by atoms with E-state index >= 15 is 0 Å². The first-order valence-corrected chi connectivity index (χ1v) is 25.6. The summed E-state index contributed by atoms with van der Waals surface area (Å²) in [4.78, 5) is 7.90. The number of benzene rings is 8. The second kappa shape index (κ2) is 15.4. The van der Waals surface area contributed by atoms with Crippen LogP contribution in [0.5, 0.6) is 0 Å². The fourth-order valence-corrected chi connectivity index (χ4v) is 12.8. The lowest BCUT2D eigenvalue weighted by molar-refractivity contribution is 0.421. The van der Waals surface area contributed by atoms with Gasteiger partial charge in [0.2, 0.25) is 0 Å². The first kappa shape index (κ1) is 44.4. The molecule has 0 bridgehead atoms. The summed E-state index contributed by atoms with van der Waals surface area (Å²) in [6.07, 6.45) is 0. The predicted octanol–water partition coefficient (Wildman–Crippen LogP) is 15.9. The number of hydrogen-bond donors (Lipinski definition) is 0. The first-order valence-electron chi connectivity index (χ1n) is 25.6. The van der Waals surface area contributed by atoms with Gasteiger partial charge in [-0.3, -0.25) is 0 Å². The molecule has 70 heavy (non-hydrogen) atoms. The molecule has 4 heteroatoms. The Hall–Kier alpha value is -6.78. The molecule has 348 valence electrons. The summed E-state index contributed by atoms with van der Waals surface area (Å²) in [6.45, 7) is 28.1. The molecule has 1 aliphatic carbocycles. The smallest absolute Gasteiger partial charge is 0.252 e. The molecule has 0 amide bonds. The highest BCUT2D eigenvalue weighted by Gasteiger charge is 2.58. The molecule has 3 aliphatic heterocycles. The minimum absolute atomic E-state index is 0.0337. The van der Waals surface area contributed by atoms with Crippen molar-refractivity contribution in [3.8, 4) is 11.1 Å². The second-order valence-electron chi connectivity index (χ2n) is 24.4. The molecule has 2 atom stereocenters. The van der Waals surface area contributed by atoms with Crippen LogP contribution in [0.15, 0.2) is 170 Å². The van der Waals surface area contributed by atoms with Gasteiger partial charge in [-0.05, 0) is 150 Å². The number of aryl methyl sites for hydroxylation is 1. The van der Waals surface area contributed by atoms with Gasteiger partial charge in [0.05, 0.1) is 11.7 Å². The van der Waals surface area contributed by atoms with E-state index in [0.717, 1.165) is 17.1 Å². The average molecular weight is 912 g/mol. The maximum absolute atomic E-state index is 2.79. The Balaban J connectivity index is 1.15. The molecule has 3 heterocycles. The average Bonchev–Trinajstić information content (AvgIpc) is 3.80. The Morgan fingerprint density at radius 1 is 0.486 bits per heavy atom. The Bertz CT molecular complexity index is 3320. The lowest BCUT2D eigenvalue weighted by Gasteiger charge is -2.45. The first-order chi connectivity index (χ1) is 33.3. The summed E-state index contributed by atoms with van der Waals surface area (Å²) in [5.74, 6) is 0.326. The SMILES string of the molecule is Cc1cc2c3c(c1)N1c4c(cccc4C4C1c1ccccc1C4(C)C)B3c1ccc(N(c3ccc(C(C)(C)C)cc3)c3ccc(C(C)(C)C)cc3)cc1N2c1ccc(C(C)(C)C)cc1-c1ccccc1. The van der Waals surface area contributed by atoms with Gasteiger partial charge in [-0.1, -0.05) is 185 Å². The van der Waals surface area contributed by atoms with Crippen LogP contribution in [-0.2, 0) is 21.7 Å². The molecule has 0 aromatic heterocycles. The van der Waals surface area contributed by atoms with E-state index in [2.05, 4.69) is 268 Å². The Kier molecular flexibility index (Phi) is 9.75. The van der Waals surface area contributed by atoms with Crippen molar-refractivity contribution in [1.82, 2.24) is 0 Å². The van der Waals surface area contributed by atoms with Crippen LogP contribution < -0.4 is 31.1 Å². The molecule has 8 aromatic rings. The molecule has 8 aromatic carbocycles. The van der Waals surface area contributed by atoms with E-state index in [4.69, 9.17) is 0 Å². The van der Waals surface area contributed by atoms with Crippen molar-refractivity contribution >= 4 is 68.6 Å². The molecule has 4 aliphatic rings. The van der Waals surface area contributed by atoms with Gasteiger partial charge in [-0.2, -0.15) is 0 Å². The molecule has 0 N–H and O–H groups in total. The third-order valence-electron chi connectivity index (χ3n) is 16.4. The molecular weight excluding hydrogens is 846 g/mol. The lowest BCUT2D eigenvalue weighted by atomic mass is 9.33. The van der Waals surface area contributed by atoms with Crippen molar-refractivity contribution in [2.75, 3.05) is 14.7 Å². The van der Waals surface area contributed by atoms with Crippen molar-refractivity contribution in [2.24, 2.45) is 0 Å². The number of rotatable bonds is 5. The zero-order valence-electron chi connectivity index (χ0n) is 43.2. The van der Waals surface area contributed by atoms with E-state index in [1.807, 2.05) is 0 Å². The quantitative estimate of drug-likeness (QED) is 0.159. The Morgan fingerprint density at radius 3 is 1.70 bits per heavy atom. The van der Waals surface area contributed by atoms with Crippen molar-refractivity contribution in [3.05, 3.63) is 209 Å². The molecule has 0 spiro atoms. The van der Waals surface area contributed by atoms with Crippen LogP contribution in [0.3, 0.4) is 0 Å². The van der Waals surface area contributed by atoms with Crippen LogP contribution >= 0.6 is 0 Å². The molecule has 0 radical (unpaired) electrons. The van der Waals surface area contributed by atoms with Gasteiger partial charge in [0.25, 0.3) is 6.71 Å². The van der Waals surface area contributed by atoms with E-state index in [1.165, 1.54) is 94.9 Å². The Morgan fingerprint density at radius 2 is 1.06 bits per heavy atom. The maximum atomic E-state index is 2.79. The van der Waals surface area contributed by atoms with Crippen LogP contribution in [0.4, 0.5) is 45.5 Å². The summed E-state index contributed by atoms with van der Waals surface area (Å²) in [6, 6.07) is 66.0. The van der Waals surface area contributed by atoms with E-state index in [-0.39, 0.29) is 34.4 Å². The van der Waals surface area contributed by atoms with Gasteiger partial charge in [0.15, 0.2) is 0 Å². The number of fused-ring (bicyclic) bond motifs is 9. The normalized spacial score (nSPS) is 17.2. The summed E-state index contributed by atoms with van der Waals surface area (Å²) in [5.41, 5.74) is 26.0. The summed E-state index contributed by atoms with van der Waals surface area (Å²) in [7, 11) is 0. The topological polar surface area (TPSA) is 9.72 Å². The highest BCUT2D eigenvalue weighted by atomic mass is 15.2. The minimum Gasteiger partial charge on any atom is -0.334 e. The second-order valence-corrected chi connectivity index (χ2v) is 24.4. The monoisotopic (exact) mass is 912 g/mol. The van der Waals surface area contributed by atoms with Gasteiger partial charge in [-0.15, -0.1) is 0 Å². The highest BCUT2D eigenvalue weighted by Crippen LogP contribution is 2.65. The van der Waals surface area contributed by atoms with Crippen molar-refractivity contribution in [3.63, 3.8) is 0 Å². The molecule has 3 nitrogen and oxygen atoms in total. The molecule has 0 saturated heterocycles. The van der Waals surface area contributed by atoms with Gasteiger partial charge >= 0.3 is 0 Å². The van der Waals surface area contributed by atoms with Crippen LogP contribution in [0, 0.1) is 6.92 Å². The van der Waals surface area contributed by atoms with Crippen LogP contribution in [0.1, 0.15) is 127 Å². The molecule has 2 unspecified atom stereocenters. The zero-order valence-corrected chi connectivity index (χ0v) is 43.2. The highest BCUT2D eigenvalue weighted by molar-refractivity contribution is 7.00. The third kappa shape index (κ3) is 6.69. The molecular formula is C66H66BN3. The summed E-state index contributed by atoms with van der Waals surface area (Å²) in [5, 5.41) is 0. The van der Waals surface area contributed by atoms with Crippen LogP contribution in [0.25, 0.3) is 11.1 Å². The fourth-order valence-electron chi connectivity index (χ4n) is 12.8. The standard InChI is InChI=1S/C66H66BN3/c1-41-37-57-60-58(38-41)70-61-50(59-62(70)49-21-16-17-23-52(49)66(59,11)12)22-18-24-54(61)67(60)53-35-34-48(40-56(53)69(57)55-36-29-45(65(8,9)10)39-51(55)42-19-14-13-15-20-42)68(46-30-25-43(26-31-46)63(2,3)4)47-32-27-44(28-33-47)64(5,6)7/h13-40,59,62H,1-12H3. The Labute approximate surface area is 417 Å². The van der Waals surface area contributed by atoms with Crippen molar-refractivity contribution in [1.29, 1.82) is 0 Å². The van der Waals surface area contributed by atoms with Gasteiger partial charge < -0.3 is 14.7 Å². The number of hydrogen-bond acceptors (Lipinski definition) is 3. The third-order valence-corrected chi connectivity index (χ3v) is 16.4. The molecule has 12 rings (SSSR count). The van der Waals surface area contributed by atoms with Crippen molar-refractivity contribution < 1.29 is 0 Å². The number of anilines is 8. The predicted molar refractivity (Wildman–Crippen MR) is 300 cm³/mol. The maximum Gasteiger partial charge on any atom is 0.252 e. The summed E-state index contributed by atoms with van der Waals surface area (Å²) >= 11 is 0. The van der Waals surface area contributed by atoms with E-state index in [9.17, 15) is 0 Å². The molecule has 0 saturated carbocycles. The van der Waals surface area contributed by atoms with Gasteiger partial charge in [0, 0.05) is 51.3 Å². The van der Waals surface area contributed by atoms with Crippen LogP contribution in [-0.4, -0.2) is 6.71 Å².